The first kappa shape index (κ1) is 11.0. The summed E-state index contributed by atoms with van der Waals surface area (Å²) in [4.78, 5) is 0. The zero-order valence-corrected chi connectivity index (χ0v) is 9.99. The average Bonchev–Trinajstić information content (AvgIpc) is 2.66. The molecule has 0 aliphatic carbocycles. The summed E-state index contributed by atoms with van der Waals surface area (Å²) in [5.74, 6) is 0.955. The number of hydrogen-bond donors (Lipinski definition) is 0. The molecule has 0 fully saturated rings. The van der Waals surface area contributed by atoms with Crippen LogP contribution >= 0.6 is 0 Å². The summed E-state index contributed by atoms with van der Waals surface area (Å²) in [5.41, 5.74) is 2.25. The Bertz CT molecular complexity index is 491. The lowest BCUT2D eigenvalue weighted by Gasteiger charge is -1.89. The van der Waals surface area contributed by atoms with E-state index in [0.29, 0.717) is 0 Å². The summed E-state index contributed by atoms with van der Waals surface area (Å²) in [5, 5.41) is 1.19. The lowest BCUT2D eigenvalue weighted by molar-refractivity contribution is 0.604. The Labute approximate surface area is 96.8 Å². The maximum absolute atomic E-state index is 5.72. The van der Waals surface area contributed by atoms with Crippen LogP contribution < -0.4 is 0 Å². The van der Waals surface area contributed by atoms with Crippen LogP contribution in [0.2, 0.25) is 0 Å². The van der Waals surface area contributed by atoms with E-state index in [0.717, 1.165) is 17.8 Å². The highest BCUT2D eigenvalue weighted by atomic mass is 16.3. The molecule has 2 rings (SSSR count). The molecule has 0 radical (unpaired) electrons. The Hall–Kier alpha value is -1.50. The number of furan rings is 1. The first-order valence-electron chi connectivity index (χ1n) is 5.96. The van der Waals surface area contributed by atoms with E-state index >= 15 is 0 Å². The van der Waals surface area contributed by atoms with Gasteiger partial charge in [0.15, 0.2) is 0 Å². The molecule has 0 aliphatic rings. The van der Waals surface area contributed by atoms with Crippen molar-refractivity contribution in [3.63, 3.8) is 0 Å². The van der Waals surface area contributed by atoms with Gasteiger partial charge < -0.3 is 4.42 Å². The Morgan fingerprint density at radius 2 is 2.12 bits per heavy atom. The fourth-order valence-corrected chi connectivity index (χ4v) is 1.79. The SMILES string of the molecule is CCCC/C=C/c1cc2cc(C)ccc2o1. The van der Waals surface area contributed by atoms with Crippen molar-refractivity contribution in [1.82, 2.24) is 0 Å². The first-order valence-corrected chi connectivity index (χ1v) is 5.96. The molecule has 0 unspecified atom stereocenters. The third-order valence-electron chi connectivity index (χ3n) is 2.70. The number of unbranched alkanes of at least 4 members (excludes halogenated alkanes) is 2. The molecule has 1 aromatic carbocycles. The van der Waals surface area contributed by atoms with Gasteiger partial charge in [0.2, 0.25) is 0 Å². The van der Waals surface area contributed by atoms with E-state index < -0.39 is 0 Å². The van der Waals surface area contributed by atoms with Gasteiger partial charge in [0.25, 0.3) is 0 Å². The van der Waals surface area contributed by atoms with Gasteiger partial charge in [0, 0.05) is 5.39 Å². The van der Waals surface area contributed by atoms with Gasteiger partial charge in [-0.05, 0) is 37.6 Å². The van der Waals surface area contributed by atoms with Crippen molar-refractivity contribution in [2.24, 2.45) is 0 Å². The van der Waals surface area contributed by atoms with Gasteiger partial charge in [0.05, 0.1) is 0 Å². The molecule has 0 amide bonds. The Morgan fingerprint density at radius 3 is 2.94 bits per heavy atom. The van der Waals surface area contributed by atoms with Gasteiger partial charge in [0.1, 0.15) is 11.3 Å². The van der Waals surface area contributed by atoms with Crippen LogP contribution in [0.5, 0.6) is 0 Å². The third-order valence-corrected chi connectivity index (χ3v) is 2.70. The van der Waals surface area contributed by atoms with Crippen LogP contribution in [0.3, 0.4) is 0 Å². The minimum absolute atomic E-state index is 0.955. The Kier molecular flexibility index (Phi) is 3.45. The van der Waals surface area contributed by atoms with E-state index in [9.17, 15) is 0 Å². The maximum atomic E-state index is 5.72. The maximum Gasteiger partial charge on any atom is 0.134 e. The number of rotatable bonds is 4. The summed E-state index contributed by atoms with van der Waals surface area (Å²) >= 11 is 0. The van der Waals surface area contributed by atoms with Crippen molar-refractivity contribution in [3.8, 4) is 0 Å². The molecule has 0 bridgehead atoms. The topological polar surface area (TPSA) is 13.1 Å². The largest absolute Gasteiger partial charge is 0.457 e. The standard InChI is InChI=1S/C15H18O/c1-3-4-5-6-7-14-11-13-10-12(2)8-9-15(13)16-14/h6-11H,3-5H2,1-2H3/b7-6+. The molecule has 84 valence electrons. The molecule has 2 aromatic rings. The molecule has 0 saturated heterocycles. The normalized spacial score (nSPS) is 11.6. The Balaban J connectivity index is 2.16. The van der Waals surface area contributed by atoms with Crippen LogP contribution in [0.4, 0.5) is 0 Å². The monoisotopic (exact) mass is 214 g/mol. The zero-order valence-electron chi connectivity index (χ0n) is 9.99. The lowest BCUT2D eigenvalue weighted by Crippen LogP contribution is -1.67. The molecule has 0 atom stereocenters. The van der Waals surface area contributed by atoms with Crippen LogP contribution in [0.15, 0.2) is 34.8 Å². The van der Waals surface area contributed by atoms with E-state index in [-0.39, 0.29) is 0 Å². The van der Waals surface area contributed by atoms with Crippen LogP contribution in [-0.2, 0) is 0 Å². The van der Waals surface area contributed by atoms with Crippen molar-refractivity contribution < 1.29 is 4.42 Å². The van der Waals surface area contributed by atoms with E-state index in [1.54, 1.807) is 0 Å². The van der Waals surface area contributed by atoms with Crippen LogP contribution in [0.25, 0.3) is 17.0 Å². The lowest BCUT2D eigenvalue weighted by atomic mass is 10.2. The highest BCUT2D eigenvalue weighted by Gasteiger charge is 2.00. The van der Waals surface area contributed by atoms with Crippen molar-refractivity contribution in [1.29, 1.82) is 0 Å². The van der Waals surface area contributed by atoms with E-state index in [2.05, 4.69) is 44.2 Å². The van der Waals surface area contributed by atoms with Gasteiger partial charge in [-0.15, -0.1) is 0 Å². The summed E-state index contributed by atoms with van der Waals surface area (Å²) in [6, 6.07) is 8.37. The van der Waals surface area contributed by atoms with Gasteiger partial charge in [-0.3, -0.25) is 0 Å². The predicted octanol–water partition coefficient (Wildman–Crippen LogP) is 4.94. The number of hydrogen-bond acceptors (Lipinski definition) is 1. The third kappa shape index (κ3) is 2.54. The summed E-state index contributed by atoms with van der Waals surface area (Å²) < 4.78 is 5.72. The van der Waals surface area contributed by atoms with Crippen molar-refractivity contribution in [2.45, 2.75) is 33.1 Å². The molecular weight excluding hydrogens is 196 g/mol. The molecule has 1 nitrogen and oxygen atoms in total. The summed E-state index contributed by atoms with van der Waals surface area (Å²) in [6.07, 6.45) is 7.88. The predicted molar refractivity (Wildman–Crippen MR) is 69.5 cm³/mol. The van der Waals surface area contributed by atoms with Gasteiger partial charge in [-0.1, -0.05) is 37.5 Å². The molecule has 0 saturated carbocycles. The number of benzene rings is 1. The number of aryl methyl sites for hydroxylation is 1. The second-order valence-electron chi connectivity index (χ2n) is 4.23. The highest BCUT2D eigenvalue weighted by molar-refractivity contribution is 5.80. The minimum atomic E-state index is 0.955. The molecule has 0 N–H and O–H groups in total. The van der Waals surface area contributed by atoms with Crippen molar-refractivity contribution in [2.75, 3.05) is 0 Å². The Morgan fingerprint density at radius 1 is 1.25 bits per heavy atom. The fourth-order valence-electron chi connectivity index (χ4n) is 1.79. The molecule has 0 aliphatic heterocycles. The van der Waals surface area contributed by atoms with Crippen LogP contribution in [0.1, 0.15) is 37.5 Å². The average molecular weight is 214 g/mol. The van der Waals surface area contributed by atoms with Gasteiger partial charge >= 0.3 is 0 Å². The molecule has 0 spiro atoms. The molecule has 1 aromatic heterocycles. The second kappa shape index (κ2) is 5.02. The molecule has 1 heteroatoms. The van der Waals surface area contributed by atoms with Crippen molar-refractivity contribution in [3.05, 3.63) is 41.7 Å². The van der Waals surface area contributed by atoms with E-state index in [4.69, 9.17) is 4.42 Å². The van der Waals surface area contributed by atoms with Crippen LogP contribution in [-0.4, -0.2) is 0 Å². The fraction of sp³-hybridized carbons (Fsp3) is 0.333. The number of allylic oxidation sites excluding steroid dienone is 1. The highest BCUT2D eigenvalue weighted by Crippen LogP contribution is 2.21. The summed E-state index contributed by atoms with van der Waals surface area (Å²) in [7, 11) is 0. The van der Waals surface area contributed by atoms with E-state index in [1.165, 1.54) is 23.8 Å². The van der Waals surface area contributed by atoms with Gasteiger partial charge in [-0.25, -0.2) is 0 Å². The number of fused-ring (bicyclic) bond motifs is 1. The molecule has 1 heterocycles. The van der Waals surface area contributed by atoms with Crippen molar-refractivity contribution >= 4 is 17.0 Å². The zero-order chi connectivity index (χ0) is 11.4. The molecule has 16 heavy (non-hydrogen) atoms. The second-order valence-corrected chi connectivity index (χ2v) is 4.23. The van der Waals surface area contributed by atoms with E-state index in [1.807, 2.05) is 6.07 Å². The smallest absolute Gasteiger partial charge is 0.134 e. The minimum Gasteiger partial charge on any atom is -0.457 e. The molecular formula is C15H18O. The first-order chi connectivity index (χ1) is 7.79. The van der Waals surface area contributed by atoms with Gasteiger partial charge in [-0.2, -0.15) is 0 Å². The van der Waals surface area contributed by atoms with Crippen LogP contribution in [0, 0.1) is 6.92 Å². The summed E-state index contributed by atoms with van der Waals surface area (Å²) in [6.45, 7) is 4.31. The quantitative estimate of drug-likeness (QED) is 0.657.